The molecule has 0 amide bonds. The van der Waals surface area contributed by atoms with E-state index in [-0.39, 0.29) is 0 Å². The van der Waals surface area contributed by atoms with E-state index in [9.17, 15) is 4.79 Å². The summed E-state index contributed by atoms with van der Waals surface area (Å²) in [6.45, 7) is 0. The molecule has 2 rings (SSSR count). The van der Waals surface area contributed by atoms with E-state index in [2.05, 4.69) is 4.98 Å². The number of benzene rings is 1. The van der Waals surface area contributed by atoms with Gasteiger partial charge in [-0.2, -0.15) is 0 Å². The van der Waals surface area contributed by atoms with Gasteiger partial charge in [-0.15, -0.1) is 11.3 Å². The number of carbonyl (C=O) groups is 1. The summed E-state index contributed by atoms with van der Waals surface area (Å²) < 4.78 is 0.958. The standard InChI is InChI=1S/C9H8N2O2S/c10-7(9(12)13)8-11-5-3-1-2-4-6(5)14-8/h1-4,7H,10H2,(H,12,13). The summed E-state index contributed by atoms with van der Waals surface area (Å²) in [6, 6.07) is 6.45. The predicted molar refractivity (Wildman–Crippen MR) is 54.2 cm³/mol. The number of carboxylic acids is 1. The number of thiazole rings is 1. The van der Waals surface area contributed by atoms with Crippen LogP contribution in [0.4, 0.5) is 0 Å². The van der Waals surface area contributed by atoms with E-state index in [1.54, 1.807) is 0 Å². The van der Waals surface area contributed by atoms with E-state index in [1.807, 2.05) is 24.3 Å². The van der Waals surface area contributed by atoms with Gasteiger partial charge in [-0.25, -0.2) is 4.98 Å². The fraction of sp³-hybridized carbons (Fsp3) is 0.111. The molecule has 1 atom stereocenters. The molecule has 1 aromatic heterocycles. The highest BCUT2D eigenvalue weighted by Gasteiger charge is 2.18. The van der Waals surface area contributed by atoms with Crippen LogP contribution in [0.25, 0.3) is 10.2 Å². The summed E-state index contributed by atoms with van der Waals surface area (Å²) in [5, 5.41) is 9.15. The van der Waals surface area contributed by atoms with Crippen molar-refractivity contribution in [3.8, 4) is 0 Å². The highest BCUT2D eigenvalue weighted by Crippen LogP contribution is 2.25. The molecule has 3 N–H and O–H groups in total. The molecule has 0 radical (unpaired) electrons. The molecular formula is C9H8N2O2S. The normalized spacial score (nSPS) is 12.9. The summed E-state index contributed by atoms with van der Waals surface area (Å²) >= 11 is 1.32. The minimum atomic E-state index is -1.05. The van der Waals surface area contributed by atoms with Crippen LogP contribution in [0.3, 0.4) is 0 Å². The van der Waals surface area contributed by atoms with Crippen molar-refractivity contribution in [1.82, 2.24) is 4.98 Å². The van der Waals surface area contributed by atoms with Gasteiger partial charge in [-0.3, -0.25) is 4.79 Å². The molecule has 0 fully saturated rings. The van der Waals surface area contributed by atoms with Crippen LogP contribution in [0.15, 0.2) is 24.3 Å². The molecule has 0 saturated heterocycles. The zero-order valence-electron chi connectivity index (χ0n) is 7.18. The second-order valence-corrected chi connectivity index (χ2v) is 3.90. The topological polar surface area (TPSA) is 76.2 Å². The van der Waals surface area contributed by atoms with Gasteiger partial charge >= 0.3 is 5.97 Å². The summed E-state index contributed by atoms with van der Waals surface area (Å²) in [6.07, 6.45) is 0. The van der Waals surface area contributed by atoms with Crippen LogP contribution in [0.1, 0.15) is 11.0 Å². The van der Waals surface area contributed by atoms with E-state index in [0.717, 1.165) is 10.2 Å². The molecule has 0 aliphatic heterocycles. The van der Waals surface area contributed by atoms with Crippen molar-refractivity contribution < 1.29 is 9.90 Å². The number of hydrogen-bond acceptors (Lipinski definition) is 4. The van der Waals surface area contributed by atoms with E-state index < -0.39 is 12.0 Å². The lowest BCUT2D eigenvalue weighted by atomic mass is 10.3. The van der Waals surface area contributed by atoms with Gasteiger partial charge in [-0.05, 0) is 12.1 Å². The number of hydrogen-bond donors (Lipinski definition) is 2. The van der Waals surface area contributed by atoms with Gasteiger partial charge < -0.3 is 10.8 Å². The van der Waals surface area contributed by atoms with Gasteiger partial charge in [0.1, 0.15) is 5.01 Å². The van der Waals surface area contributed by atoms with E-state index in [4.69, 9.17) is 10.8 Å². The summed E-state index contributed by atoms with van der Waals surface area (Å²) in [5.74, 6) is -1.05. The van der Waals surface area contributed by atoms with Gasteiger partial charge in [0, 0.05) is 0 Å². The molecule has 1 heterocycles. The molecule has 2 aromatic rings. The largest absolute Gasteiger partial charge is 0.480 e. The molecule has 72 valence electrons. The molecular weight excluding hydrogens is 200 g/mol. The number of aromatic nitrogens is 1. The first kappa shape index (κ1) is 9.11. The average Bonchev–Trinajstić information content (AvgIpc) is 2.59. The maximum atomic E-state index is 10.6. The number of fused-ring (bicyclic) bond motifs is 1. The minimum Gasteiger partial charge on any atom is -0.480 e. The first-order valence-corrected chi connectivity index (χ1v) is 4.84. The number of carboxylic acid groups (broad SMARTS) is 1. The number of aliphatic carboxylic acids is 1. The third-order valence-electron chi connectivity index (χ3n) is 1.84. The highest BCUT2D eigenvalue weighted by atomic mass is 32.1. The van der Waals surface area contributed by atoms with E-state index in [0.29, 0.717) is 5.01 Å². The van der Waals surface area contributed by atoms with Gasteiger partial charge in [0.05, 0.1) is 10.2 Å². The smallest absolute Gasteiger partial charge is 0.327 e. The summed E-state index contributed by atoms with van der Waals surface area (Å²) in [5.41, 5.74) is 6.25. The lowest BCUT2D eigenvalue weighted by Crippen LogP contribution is -2.20. The van der Waals surface area contributed by atoms with E-state index in [1.165, 1.54) is 11.3 Å². The SMILES string of the molecule is NC(C(=O)O)c1nc2ccccc2s1. The molecule has 1 unspecified atom stereocenters. The number of para-hydroxylation sites is 1. The molecule has 0 saturated carbocycles. The zero-order chi connectivity index (χ0) is 10.1. The van der Waals surface area contributed by atoms with Crippen LogP contribution in [0.2, 0.25) is 0 Å². The third-order valence-corrected chi connectivity index (χ3v) is 2.96. The Labute approximate surface area is 84.0 Å². The predicted octanol–water partition coefficient (Wildman–Crippen LogP) is 1.38. The van der Waals surface area contributed by atoms with Crippen molar-refractivity contribution in [3.05, 3.63) is 29.3 Å². The summed E-state index contributed by atoms with van der Waals surface area (Å²) in [7, 11) is 0. The van der Waals surface area contributed by atoms with Crippen molar-refractivity contribution in [1.29, 1.82) is 0 Å². The van der Waals surface area contributed by atoms with Gasteiger partial charge in [-0.1, -0.05) is 12.1 Å². The second-order valence-electron chi connectivity index (χ2n) is 2.84. The van der Waals surface area contributed by atoms with Crippen molar-refractivity contribution >= 4 is 27.5 Å². The fourth-order valence-electron chi connectivity index (χ4n) is 1.13. The average molecular weight is 208 g/mol. The Morgan fingerprint density at radius 2 is 2.21 bits per heavy atom. The second kappa shape index (κ2) is 3.36. The molecule has 0 bridgehead atoms. The first-order chi connectivity index (χ1) is 6.68. The Kier molecular flexibility index (Phi) is 2.18. The summed E-state index contributed by atoms with van der Waals surface area (Å²) in [4.78, 5) is 14.8. The zero-order valence-corrected chi connectivity index (χ0v) is 7.99. The van der Waals surface area contributed by atoms with Gasteiger partial charge in [0.2, 0.25) is 0 Å². The van der Waals surface area contributed by atoms with Crippen LogP contribution in [0.5, 0.6) is 0 Å². The Morgan fingerprint density at radius 3 is 2.86 bits per heavy atom. The Bertz CT molecular complexity index is 447. The molecule has 4 nitrogen and oxygen atoms in total. The molecule has 0 spiro atoms. The Balaban J connectivity index is 2.50. The lowest BCUT2D eigenvalue weighted by Gasteiger charge is -1.98. The van der Waals surface area contributed by atoms with Crippen molar-refractivity contribution in [3.63, 3.8) is 0 Å². The number of nitrogens with two attached hydrogens (primary N) is 1. The lowest BCUT2D eigenvalue weighted by molar-refractivity contribution is -0.138. The molecule has 14 heavy (non-hydrogen) atoms. The van der Waals surface area contributed by atoms with Gasteiger partial charge in [0.25, 0.3) is 0 Å². The quantitative estimate of drug-likeness (QED) is 0.781. The number of rotatable bonds is 2. The highest BCUT2D eigenvalue weighted by molar-refractivity contribution is 7.18. The Morgan fingerprint density at radius 1 is 1.50 bits per heavy atom. The van der Waals surface area contributed by atoms with Crippen LogP contribution >= 0.6 is 11.3 Å². The van der Waals surface area contributed by atoms with Crippen LogP contribution in [-0.4, -0.2) is 16.1 Å². The van der Waals surface area contributed by atoms with Crippen molar-refractivity contribution in [2.75, 3.05) is 0 Å². The third kappa shape index (κ3) is 1.47. The van der Waals surface area contributed by atoms with Crippen LogP contribution in [-0.2, 0) is 4.79 Å². The van der Waals surface area contributed by atoms with E-state index >= 15 is 0 Å². The van der Waals surface area contributed by atoms with Crippen molar-refractivity contribution in [2.24, 2.45) is 5.73 Å². The van der Waals surface area contributed by atoms with Gasteiger partial charge in [0.15, 0.2) is 6.04 Å². The first-order valence-electron chi connectivity index (χ1n) is 4.02. The molecule has 0 aliphatic rings. The molecule has 0 aliphatic carbocycles. The monoisotopic (exact) mass is 208 g/mol. The maximum Gasteiger partial charge on any atom is 0.327 e. The van der Waals surface area contributed by atoms with Crippen LogP contribution in [0, 0.1) is 0 Å². The van der Waals surface area contributed by atoms with Crippen molar-refractivity contribution in [2.45, 2.75) is 6.04 Å². The van der Waals surface area contributed by atoms with Crippen LogP contribution < -0.4 is 5.73 Å². The Hall–Kier alpha value is -1.46. The fourth-order valence-corrected chi connectivity index (χ4v) is 2.09. The molecule has 1 aromatic carbocycles. The molecule has 5 heteroatoms. The maximum absolute atomic E-state index is 10.6. The number of nitrogens with zero attached hydrogens (tertiary/aromatic N) is 1. The minimum absolute atomic E-state index is 0.443.